The lowest BCUT2D eigenvalue weighted by molar-refractivity contribution is 0.292. The third-order valence-corrected chi connectivity index (χ3v) is 5.95. The summed E-state index contributed by atoms with van der Waals surface area (Å²) in [6, 6.07) is 19.1. The van der Waals surface area contributed by atoms with Gasteiger partial charge in [0, 0.05) is 6.54 Å². The van der Waals surface area contributed by atoms with Crippen molar-refractivity contribution in [2.75, 3.05) is 33.4 Å². The van der Waals surface area contributed by atoms with Gasteiger partial charge in [0.05, 0.1) is 24.7 Å². The highest BCUT2D eigenvalue weighted by Crippen LogP contribution is 2.38. The van der Waals surface area contributed by atoms with Crippen LogP contribution in [0.15, 0.2) is 48.5 Å². The standard InChI is InChI=1S/C27H38N2O2.ClH/c1-6-30-25-13-8-11-23(19-25)15-18-29(5)17-10-16-27(21-28,22(3)4)24-12-9-14-26(20-24)31-7-2;/h8-9,11-14,19-20,22H,6-7,10,15-18H2,1-5H3;1H. The molecule has 0 aliphatic heterocycles. The van der Waals surface area contributed by atoms with Crippen LogP contribution < -0.4 is 9.47 Å². The number of likely N-dealkylation sites (N-methyl/N-ethyl adjacent to an activating group) is 1. The Kier molecular flexibility index (Phi) is 12.2. The van der Waals surface area contributed by atoms with Crippen LogP contribution in [0.1, 0.15) is 51.7 Å². The first-order valence-corrected chi connectivity index (χ1v) is 11.5. The van der Waals surface area contributed by atoms with Crippen molar-refractivity contribution in [2.45, 2.75) is 52.4 Å². The highest BCUT2D eigenvalue weighted by Gasteiger charge is 2.35. The Labute approximate surface area is 200 Å². The van der Waals surface area contributed by atoms with Crippen molar-refractivity contribution in [1.82, 2.24) is 4.90 Å². The Morgan fingerprint density at radius 2 is 1.59 bits per heavy atom. The van der Waals surface area contributed by atoms with E-state index in [1.807, 2.05) is 38.1 Å². The minimum atomic E-state index is -0.500. The minimum absolute atomic E-state index is 0. The third-order valence-electron chi connectivity index (χ3n) is 5.95. The van der Waals surface area contributed by atoms with Gasteiger partial charge in [0.15, 0.2) is 0 Å². The predicted octanol–water partition coefficient (Wildman–Crippen LogP) is 6.28. The number of rotatable bonds is 13. The fourth-order valence-corrected chi connectivity index (χ4v) is 4.06. The van der Waals surface area contributed by atoms with Crippen molar-refractivity contribution in [3.8, 4) is 17.6 Å². The smallest absolute Gasteiger partial charge is 0.119 e. The molecule has 0 amide bonds. The van der Waals surface area contributed by atoms with E-state index in [4.69, 9.17) is 9.47 Å². The summed E-state index contributed by atoms with van der Waals surface area (Å²) in [6.45, 7) is 11.5. The third kappa shape index (κ3) is 7.73. The number of benzene rings is 2. The summed E-state index contributed by atoms with van der Waals surface area (Å²) in [5, 5.41) is 10.2. The molecule has 0 bridgehead atoms. The second kappa shape index (κ2) is 14.0. The molecule has 1 atom stereocenters. The number of nitriles is 1. The van der Waals surface area contributed by atoms with E-state index in [0.717, 1.165) is 49.4 Å². The summed E-state index contributed by atoms with van der Waals surface area (Å²) >= 11 is 0. The van der Waals surface area contributed by atoms with E-state index in [1.165, 1.54) is 5.56 Å². The molecule has 4 nitrogen and oxygen atoms in total. The largest absolute Gasteiger partial charge is 0.494 e. The second-order valence-electron chi connectivity index (χ2n) is 8.44. The average molecular weight is 459 g/mol. The zero-order chi connectivity index (χ0) is 22.7. The van der Waals surface area contributed by atoms with Gasteiger partial charge in [-0.15, -0.1) is 12.4 Å². The first kappa shape index (κ1) is 27.8. The molecule has 0 aliphatic carbocycles. The van der Waals surface area contributed by atoms with E-state index in [2.05, 4.69) is 56.1 Å². The van der Waals surface area contributed by atoms with Crippen molar-refractivity contribution >= 4 is 12.4 Å². The molecule has 0 heterocycles. The topological polar surface area (TPSA) is 45.5 Å². The summed E-state index contributed by atoms with van der Waals surface area (Å²) in [4.78, 5) is 2.35. The summed E-state index contributed by atoms with van der Waals surface area (Å²) in [5.41, 5.74) is 1.85. The van der Waals surface area contributed by atoms with Crippen LogP contribution in [-0.4, -0.2) is 38.3 Å². The Morgan fingerprint density at radius 1 is 0.969 bits per heavy atom. The Hall–Kier alpha value is -2.22. The maximum atomic E-state index is 10.2. The van der Waals surface area contributed by atoms with Gasteiger partial charge >= 0.3 is 0 Å². The van der Waals surface area contributed by atoms with Crippen LogP contribution in [0.4, 0.5) is 0 Å². The van der Waals surface area contributed by atoms with Crippen LogP contribution in [0.25, 0.3) is 0 Å². The van der Waals surface area contributed by atoms with E-state index >= 15 is 0 Å². The molecule has 0 spiro atoms. The Balaban J connectivity index is 0.00000512. The minimum Gasteiger partial charge on any atom is -0.494 e. The molecule has 0 aromatic heterocycles. The quantitative estimate of drug-likeness (QED) is 0.354. The molecule has 0 N–H and O–H groups in total. The van der Waals surface area contributed by atoms with Crippen molar-refractivity contribution in [3.05, 3.63) is 59.7 Å². The van der Waals surface area contributed by atoms with Crippen LogP contribution in [0.2, 0.25) is 0 Å². The van der Waals surface area contributed by atoms with Crippen LogP contribution in [0, 0.1) is 17.2 Å². The van der Waals surface area contributed by atoms with Gasteiger partial charge in [-0.2, -0.15) is 5.26 Å². The molecule has 1 unspecified atom stereocenters. The number of hydrogen-bond acceptors (Lipinski definition) is 4. The molecular weight excluding hydrogens is 420 g/mol. The average Bonchev–Trinajstić information content (AvgIpc) is 2.76. The second-order valence-corrected chi connectivity index (χ2v) is 8.44. The highest BCUT2D eigenvalue weighted by molar-refractivity contribution is 5.85. The molecule has 2 rings (SSSR count). The first-order chi connectivity index (χ1) is 14.9. The molecule has 0 radical (unpaired) electrons. The van der Waals surface area contributed by atoms with Crippen LogP contribution in [0.3, 0.4) is 0 Å². The number of ether oxygens (including phenoxy) is 2. The van der Waals surface area contributed by atoms with Crippen LogP contribution in [0.5, 0.6) is 11.5 Å². The maximum Gasteiger partial charge on any atom is 0.119 e. The highest BCUT2D eigenvalue weighted by atomic mass is 35.5. The fraction of sp³-hybridized carbons (Fsp3) is 0.519. The lowest BCUT2D eigenvalue weighted by Crippen LogP contribution is -2.32. The van der Waals surface area contributed by atoms with Gasteiger partial charge in [-0.1, -0.05) is 38.1 Å². The molecule has 0 saturated heterocycles. The van der Waals surface area contributed by atoms with Gasteiger partial charge in [-0.05, 0) is 88.0 Å². The van der Waals surface area contributed by atoms with Crippen molar-refractivity contribution in [1.29, 1.82) is 5.26 Å². The molecule has 2 aromatic rings. The molecule has 0 aliphatic rings. The van der Waals surface area contributed by atoms with E-state index < -0.39 is 5.41 Å². The van der Waals surface area contributed by atoms with Crippen molar-refractivity contribution < 1.29 is 9.47 Å². The van der Waals surface area contributed by atoms with E-state index in [0.29, 0.717) is 13.2 Å². The number of hydrogen-bond donors (Lipinski definition) is 0. The molecule has 32 heavy (non-hydrogen) atoms. The number of nitrogens with zero attached hydrogens (tertiary/aromatic N) is 2. The van der Waals surface area contributed by atoms with E-state index in [9.17, 15) is 5.26 Å². The van der Waals surface area contributed by atoms with Gasteiger partial charge in [-0.25, -0.2) is 0 Å². The lowest BCUT2D eigenvalue weighted by Gasteiger charge is -2.32. The van der Waals surface area contributed by atoms with Crippen LogP contribution >= 0.6 is 12.4 Å². The van der Waals surface area contributed by atoms with Gasteiger partial charge in [-0.3, -0.25) is 0 Å². The normalized spacial score (nSPS) is 12.7. The summed E-state index contributed by atoms with van der Waals surface area (Å²) in [6.07, 6.45) is 2.79. The van der Waals surface area contributed by atoms with Crippen LogP contribution in [-0.2, 0) is 11.8 Å². The zero-order valence-electron chi connectivity index (χ0n) is 20.3. The Morgan fingerprint density at radius 3 is 2.19 bits per heavy atom. The molecule has 5 heteroatoms. The van der Waals surface area contributed by atoms with Gasteiger partial charge in [0.2, 0.25) is 0 Å². The van der Waals surface area contributed by atoms with Crippen molar-refractivity contribution in [2.24, 2.45) is 5.92 Å². The summed E-state index contributed by atoms with van der Waals surface area (Å²) < 4.78 is 11.3. The maximum absolute atomic E-state index is 10.2. The SMILES string of the molecule is CCOc1cccc(CCN(C)CCCC(C#N)(c2cccc(OCC)c2)C(C)C)c1.Cl. The van der Waals surface area contributed by atoms with Gasteiger partial charge < -0.3 is 14.4 Å². The van der Waals surface area contributed by atoms with Crippen molar-refractivity contribution in [3.63, 3.8) is 0 Å². The first-order valence-electron chi connectivity index (χ1n) is 11.5. The molecule has 176 valence electrons. The molecule has 0 saturated carbocycles. The molecule has 0 fully saturated rings. The Bertz CT molecular complexity index is 850. The fourth-order valence-electron chi connectivity index (χ4n) is 4.06. The predicted molar refractivity (Wildman–Crippen MR) is 135 cm³/mol. The molecule has 2 aromatic carbocycles. The molecular formula is C27H39ClN2O2. The number of halogens is 1. The van der Waals surface area contributed by atoms with Gasteiger partial charge in [0.25, 0.3) is 0 Å². The van der Waals surface area contributed by atoms with E-state index in [-0.39, 0.29) is 18.3 Å². The summed E-state index contributed by atoms with van der Waals surface area (Å²) in [7, 11) is 2.16. The lowest BCUT2D eigenvalue weighted by atomic mass is 9.70. The zero-order valence-corrected chi connectivity index (χ0v) is 21.1. The van der Waals surface area contributed by atoms with Gasteiger partial charge in [0.1, 0.15) is 11.5 Å². The summed E-state index contributed by atoms with van der Waals surface area (Å²) in [5.74, 6) is 2.00. The monoisotopic (exact) mass is 458 g/mol. The van der Waals surface area contributed by atoms with E-state index in [1.54, 1.807) is 0 Å².